The molecule has 4 rings (SSSR count). The third-order valence-electron chi connectivity index (χ3n) is 6.57. The number of methoxy groups -OCH3 is 1. The molecule has 0 saturated carbocycles. The lowest BCUT2D eigenvalue weighted by molar-refractivity contribution is 0.0696. The summed E-state index contributed by atoms with van der Waals surface area (Å²) in [5.41, 5.74) is 4.11. The predicted octanol–water partition coefficient (Wildman–Crippen LogP) is 5.86. The number of rotatable bonds is 8. The van der Waals surface area contributed by atoms with Gasteiger partial charge in [-0.1, -0.05) is 36.4 Å². The molecule has 178 valence electrons. The van der Waals surface area contributed by atoms with E-state index in [0.29, 0.717) is 12.1 Å². The zero-order chi connectivity index (χ0) is 24.2. The number of hydrogen-bond donors (Lipinski definition) is 2. The Bertz CT molecular complexity index is 1180. The lowest BCUT2D eigenvalue weighted by Crippen LogP contribution is -2.31. The van der Waals surface area contributed by atoms with Crippen molar-refractivity contribution in [2.45, 2.75) is 44.8 Å². The Hall–Kier alpha value is -3.38. The second-order valence-corrected chi connectivity index (χ2v) is 8.80. The van der Waals surface area contributed by atoms with Crippen LogP contribution in [0, 0.1) is 12.7 Å². The molecule has 3 atom stereocenters. The number of benzene rings is 3. The van der Waals surface area contributed by atoms with Crippen LogP contribution in [0.4, 0.5) is 4.39 Å². The fourth-order valence-electron chi connectivity index (χ4n) is 4.60. The van der Waals surface area contributed by atoms with E-state index < -0.39 is 5.97 Å². The van der Waals surface area contributed by atoms with Gasteiger partial charge in [-0.15, -0.1) is 0 Å². The van der Waals surface area contributed by atoms with E-state index in [4.69, 9.17) is 9.47 Å². The summed E-state index contributed by atoms with van der Waals surface area (Å²) in [4.78, 5) is 11.7. The van der Waals surface area contributed by atoms with Crippen LogP contribution in [0.25, 0.3) is 0 Å². The van der Waals surface area contributed by atoms with Gasteiger partial charge in [0.15, 0.2) is 11.6 Å². The summed E-state index contributed by atoms with van der Waals surface area (Å²) in [6.45, 7) is 4.57. The molecule has 6 heteroatoms. The lowest BCUT2D eigenvalue weighted by Gasteiger charge is -2.33. The van der Waals surface area contributed by atoms with Crippen LogP contribution in [0.15, 0.2) is 60.7 Å². The SMILES string of the molecule is COc1cc([C@@H](C)NCC[C@@H]2C[C@H](c3ccc(C)c(C(=O)O)c3)c3ccccc3O2)ccc1F. The molecule has 2 N–H and O–H groups in total. The minimum Gasteiger partial charge on any atom is -0.494 e. The molecule has 0 unspecified atom stereocenters. The van der Waals surface area contributed by atoms with Crippen LogP contribution >= 0.6 is 0 Å². The highest BCUT2D eigenvalue weighted by Crippen LogP contribution is 2.41. The topological polar surface area (TPSA) is 67.8 Å². The molecule has 3 aromatic rings. The highest BCUT2D eigenvalue weighted by atomic mass is 19.1. The van der Waals surface area contributed by atoms with Gasteiger partial charge in [-0.2, -0.15) is 0 Å². The number of nitrogens with one attached hydrogen (secondary N) is 1. The standard InChI is InChI=1S/C28H30FNO4/c1-17-8-9-20(14-23(17)28(31)32)24-16-21(34-26-7-5-4-6-22(24)26)12-13-30-18(2)19-10-11-25(29)27(15-19)33-3/h4-11,14-15,18,21,24,30H,12-13,16H2,1-3H3,(H,31,32)/t18-,21-,24-/m1/s1. The Balaban J connectivity index is 1.47. The molecule has 0 radical (unpaired) electrons. The molecule has 0 saturated heterocycles. The average molecular weight is 464 g/mol. The molecule has 0 bridgehead atoms. The van der Waals surface area contributed by atoms with Crippen LogP contribution in [0.5, 0.6) is 11.5 Å². The zero-order valence-electron chi connectivity index (χ0n) is 19.7. The quantitative estimate of drug-likeness (QED) is 0.438. The van der Waals surface area contributed by atoms with Gasteiger partial charge in [0, 0.05) is 17.5 Å². The molecule has 0 fully saturated rings. The van der Waals surface area contributed by atoms with Crippen molar-refractivity contribution in [2.75, 3.05) is 13.7 Å². The minimum atomic E-state index is -0.910. The Morgan fingerprint density at radius 3 is 2.76 bits per heavy atom. The van der Waals surface area contributed by atoms with Gasteiger partial charge < -0.3 is 19.9 Å². The maximum Gasteiger partial charge on any atom is 0.335 e. The van der Waals surface area contributed by atoms with Gasteiger partial charge in [-0.25, -0.2) is 9.18 Å². The Labute approximate surface area is 199 Å². The van der Waals surface area contributed by atoms with Crippen LogP contribution < -0.4 is 14.8 Å². The lowest BCUT2D eigenvalue weighted by atomic mass is 9.82. The summed E-state index contributed by atoms with van der Waals surface area (Å²) in [7, 11) is 1.46. The molecule has 0 spiro atoms. The van der Waals surface area contributed by atoms with Crippen molar-refractivity contribution < 1.29 is 23.8 Å². The maximum absolute atomic E-state index is 13.7. The largest absolute Gasteiger partial charge is 0.494 e. The zero-order valence-corrected chi connectivity index (χ0v) is 19.7. The van der Waals surface area contributed by atoms with Crippen LogP contribution in [0.1, 0.15) is 64.3 Å². The third kappa shape index (κ3) is 5.07. The van der Waals surface area contributed by atoms with E-state index in [1.807, 2.05) is 44.2 Å². The van der Waals surface area contributed by atoms with E-state index in [0.717, 1.165) is 40.8 Å². The monoisotopic (exact) mass is 463 g/mol. The van der Waals surface area contributed by atoms with Gasteiger partial charge in [-0.3, -0.25) is 0 Å². The number of fused-ring (bicyclic) bond motifs is 1. The fraction of sp³-hybridized carbons (Fsp3) is 0.321. The van der Waals surface area contributed by atoms with Gasteiger partial charge in [0.25, 0.3) is 0 Å². The summed E-state index contributed by atoms with van der Waals surface area (Å²) < 4.78 is 25.1. The van der Waals surface area contributed by atoms with Gasteiger partial charge in [0.2, 0.25) is 0 Å². The average Bonchev–Trinajstić information content (AvgIpc) is 2.84. The molecular weight excluding hydrogens is 433 g/mol. The van der Waals surface area contributed by atoms with Crippen molar-refractivity contribution in [3.8, 4) is 11.5 Å². The van der Waals surface area contributed by atoms with E-state index in [2.05, 4.69) is 11.4 Å². The summed E-state index contributed by atoms with van der Waals surface area (Å²) in [6.07, 6.45) is 1.53. The first-order chi connectivity index (χ1) is 16.4. The van der Waals surface area contributed by atoms with E-state index in [9.17, 15) is 14.3 Å². The molecule has 1 aliphatic rings. The second kappa shape index (κ2) is 10.3. The number of hydrogen-bond acceptors (Lipinski definition) is 4. The number of carboxylic acid groups (broad SMARTS) is 1. The smallest absolute Gasteiger partial charge is 0.335 e. The molecule has 34 heavy (non-hydrogen) atoms. The first-order valence-corrected chi connectivity index (χ1v) is 11.5. The van der Waals surface area contributed by atoms with Crippen molar-refractivity contribution in [3.63, 3.8) is 0 Å². The number of carbonyl (C=O) groups is 1. The van der Waals surface area contributed by atoms with Crippen LogP contribution in [0.3, 0.4) is 0 Å². The molecule has 0 aromatic heterocycles. The van der Waals surface area contributed by atoms with Crippen LogP contribution in [-0.4, -0.2) is 30.8 Å². The molecule has 1 heterocycles. The van der Waals surface area contributed by atoms with Gasteiger partial charge in [-0.05, 0) is 74.2 Å². The van der Waals surface area contributed by atoms with Crippen molar-refractivity contribution in [1.29, 1.82) is 0 Å². The molecular formula is C28H30FNO4. The summed E-state index contributed by atoms with van der Waals surface area (Å²) in [5.74, 6) is -0.141. The summed E-state index contributed by atoms with van der Waals surface area (Å²) in [5, 5.41) is 13.1. The highest BCUT2D eigenvalue weighted by Gasteiger charge is 2.29. The van der Waals surface area contributed by atoms with Crippen molar-refractivity contribution >= 4 is 5.97 Å². The molecule has 0 aliphatic carbocycles. The van der Waals surface area contributed by atoms with Gasteiger partial charge in [0.05, 0.1) is 12.7 Å². The number of para-hydroxylation sites is 1. The van der Waals surface area contributed by atoms with Crippen LogP contribution in [0.2, 0.25) is 0 Å². The Morgan fingerprint density at radius 2 is 2.00 bits per heavy atom. The number of carboxylic acids is 1. The van der Waals surface area contributed by atoms with Crippen molar-refractivity contribution in [1.82, 2.24) is 5.32 Å². The van der Waals surface area contributed by atoms with E-state index in [1.54, 1.807) is 18.2 Å². The second-order valence-electron chi connectivity index (χ2n) is 8.80. The maximum atomic E-state index is 13.7. The number of ether oxygens (including phenoxy) is 2. The van der Waals surface area contributed by atoms with Crippen molar-refractivity contribution in [2.24, 2.45) is 0 Å². The summed E-state index contributed by atoms with van der Waals surface area (Å²) in [6, 6.07) is 18.6. The third-order valence-corrected chi connectivity index (χ3v) is 6.57. The summed E-state index contributed by atoms with van der Waals surface area (Å²) >= 11 is 0. The number of halogens is 1. The first kappa shape index (κ1) is 23.8. The van der Waals surface area contributed by atoms with Crippen molar-refractivity contribution in [3.05, 3.63) is 94.3 Å². The number of aryl methyl sites for hydroxylation is 1. The van der Waals surface area contributed by atoms with Crippen LogP contribution in [-0.2, 0) is 0 Å². The highest BCUT2D eigenvalue weighted by molar-refractivity contribution is 5.89. The molecule has 5 nitrogen and oxygen atoms in total. The minimum absolute atomic E-state index is 0.0167. The molecule has 0 amide bonds. The molecule has 1 aliphatic heterocycles. The first-order valence-electron chi connectivity index (χ1n) is 11.5. The number of aromatic carboxylic acids is 1. The molecule has 3 aromatic carbocycles. The van der Waals surface area contributed by atoms with E-state index in [1.165, 1.54) is 13.2 Å². The van der Waals surface area contributed by atoms with Gasteiger partial charge in [0.1, 0.15) is 11.9 Å². The normalized spacial score (nSPS) is 18.0. The Kier molecular flexibility index (Phi) is 7.17. The Morgan fingerprint density at radius 1 is 1.21 bits per heavy atom. The fourth-order valence-corrected chi connectivity index (χ4v) is 4.60. The van der Waals surface area contributed by atoms with E-state index in [-0.39, 0.29) is 29.6 Å². The van der Waals surface area contributed by atoms with E-state index >= 15 is 0 Å². The van der Waals surface area contributed by atoms with Gasteiger partial charge >= 0.3 is 5.97 Å². The predicted molar refractivity (Wildman–Crippen MR) is 129 cm³/mol.